The molecule has 0 amide bonds. The summed E-state index contributed by atoms with van der Waals surface area (Å²) in [5, 5.41) is 9.60. The number of rotatable bonds is 5. The molecule has 0 unspecified atom stereocenters. The molecule has 1 heterocycles. The monoisotopic (exact) mass is 253 g/mol. The van der Waals surface area contributed by atoms with E-state index in [0.717, 1.165) is 18.2 Å². The molecule has 6 heteroatoms. The summed E-state index contributed by atoms with van der Waals surface area (Å²) in [7, 11) is 1.60. The van der Waals surface area contributed by atoms with E-state index in [9.17, 15) is 8.78 Å². The van der Waals surface area contributed by atoms with Gasteiger partial charge in [-0.2, -0.15) is 5.10 Å². The predicted octanol–water partition coefficient (Wildman–Crippen LogP) is 2.41. The molecular formula is C12H13F2N3O. The lowest BCUT2D eigenvalue weighted by Gasteiger charge is -2.00. The second-order valence-corrected chi connectivity index (χ2v) is 3.71. The third kappa shape index (κ3) is 2.84. The first-order valence-electron chi connectivity index (χ1n) is 5.44. The second-order valence-electron chi connectivity index (χ2n) is 3.71. The summed E-state index contributed by atoms with van der Waals surface area (Å²) in [4.78, 5) is 0. The first kappa shape index (κ1) is 12.5. The number of halogens is 2. The minimum absolute atomic E-state index is 0.155. The van der Waals surface area contributed by atoms with Gasteiger partial charge in [-0.3, -0.25) is 5.10 Å². The first-order valence-corrected chi connectivity index (χ1v) is 5.44. The van der Waals surface area contributed by atoms with E-state index >= 15 is 0 Å². The van der Waals surface area contributed by atoms with Gasteiger partial charge in [-0.05, 0) is 18.2 Å². The molecule has 1 aromatic carbocycles. The van der Waals surface area contributed by atoms with Crippen LogP contribution in [0, 0.1) is 11.6 Å². The fourth-order valence-corrected chi connectivity index (χ4v) is 1.54. The van der Waals surface area contributed by atoms with Crippen LogP contribution in [0.5, 0.6) is 0 Å². The van der Waals surface area contributed by atoms with Crippen LogP contribution in [-0.4, -0.2) is 30.5 Å². The highest BCUT2D eigenvalue weighted by atomic mass is 19.1. The van der Waals surface area contributed by atoms with Crippen LogP contribution in [0.25, 0.3) is 11.3 Å². The molecule has 4 nitrogen and oxygen atoms in total. The maximum absolute atomic E-state index is 13.5. The Kier molecular flexibility index (Phi) is 3.88. The zero-order valence-corrected chi connectivity index (χ0v) is 9.84. The Morgan fingerprint density at radius 1 is 1.33 bits per heavy atom. The molecule has 0 bridgehead atoms. The second kappa shape index (κ2) is 5.59. The largest absolute Gasteiger partial charge is 0.383 e. The molecule has 0 aliphatic heterocycles. The lowest BCUT2D eigenvalue weighted by Crippen LogP contribution is -2.07. The smallest absolute Gasteiger partial charge is 0.148 e. The van der Waals surface area contributed by atoms with Gasteiger partial charge >= 0.3 is 0 Å². The predicted molar refractivity (Wildman–Crippen MR) is 64.3 cm³/mol. The van der Waals surface area contributed by atoms with Gasteiger partial charge in [0, 0.05) is 25.3 Å². The number of nitrogens with one attached hydrogen (secondary N) is 2. The summed E-state index contributed by atoms with van der Waals surface area (Å²) in [6.45, 7) is 1.13. The Hall–Kier alpha value is -1.95. The van der Waals surface area contributed by atoms with Crippen LogP contribution >= 0.6 is 0 Å². The lowest BCUT2D eigenvalue weighted by atomic mass is 10.1. The number of benzene rings is 1. The van der Waals surface area contributed by atoms with Crippen LogP contribution in [0.4, 0.5) is 14.6 Å². The van der Waals surface area contributed by atoms with Crippen molar-refractivity contribution in [3.8, 4) is 11.3 Å². The molecule has 0 atom stereocenters. The minimum atomic E-state index is -0.497. The minimum Gasteiger partial charge on any atom is -0.383 e. The Morgan fingerprint density at radius 2 is 2.17 bits per heavy atom. The molecular weight excluding hydrogens is 240 g/mol. The number of aromatic nitrogens is 2. The molecule has 0 radical (unpaired) electrons. The highest BCUT2D eigenvalue weighted by molar-refractivity contribution is 5.63. The number of aromatic amines is 1. The molecule has 0 aliphatic carbocycles. The van der Waals surface area contributed by atoms with E-state index < -0.39 is 11.6 Å². The van der Waals surface area contributed by atoms with E-state index in [1.807, 2.05) is 0 Å². The number of ether oxygens (including phenoxy) is 1. The Labute approximate surface area is 103 Å². The maximum Gasteiger partial charge on any atom is 0.148 e. The summed E-state index contributed by atoms with van der Waals surface area (Å²) < 4.78 is 31.5. The fraction of sp³-hybridized carbons (Fsp3) is 0.250. The van der Waals surface area contributed by atoms with E-state index in [2.05, 4.69) is 15.5 Å². The van der Waals surface area contributed by atoms with Crippen LogP contribution in [-0.2, 0) is 4.74 Å². The van der Waals surface area contributed by atoms with Crippen molar-refractivity contribution < 1.29 is 13.5 Å². The van der Waals surface area contributed by atoms with Crippen molar-refractivity contribution in [2.24, 2.45) is 0 Å². The Balaban J connectivity index is 2.16. The Morgan fingerprint density at radius 3 is 2.94 bits per heavy atom. The number of methoxy groups -OCH3 is 1. The molecule has 0 aliphatic rings. The van der Waals surface area contributed by atoms with E-state index in [0.29, 0.717) is 24.7 Å². The van der Waals surface area contributed by atoms with Crippen molar-refractivity contribution in [1.29, 1.82) is 0 Å². The molecule has 2 N–H and O–H groups in total. The van der Waals surface area contributed by atoms with E-state index in [4.69, 9.17) is 4.74 Å². The number of anilines is 1. The van der Waals surface area contributed by atoms with Gasteiger partial charge in [-0.25, -0.2) is 8.78 Å². The highest BCUT2D eigenvalue weighted by Crippen LogP contribution is 2.23. The summed E-state index contributed by atoms with van der Waals surface area (Å²) in [5.74, 6) is -0.427. The third-order valence-electron chi connectivity index (χ3n) is 2.41. The van der Waals surface area contributed by atoms with E-state index in [1.54, 1.807) is 13.2 Å². The van der Waals surface area contributed by atoms with Gasteiger partial charge in [0.15, 0.2) is 0 Å². The standard InChI is InChI=1S/C12H13F2N3O/c1-18-5-4-15-12-7-11(16-17-12)9-6-8(13)2-3-10(9)14/h2-3,6-7H,4-5H2,1H3,(H2,15,16,17). The van der Waals surface area contributed by atoms with Gasteiger partial charge in [0.25, 0.3) is 0 Å². The average Bonchev–Trinajstić information content (AvgIpc) is 2.81. The summed E-state index contributed by atoms with van der Waals surface area (Å²) >= 11 is 0. The number of hydrogen-bond donors (Lipinski definition) is 2. The average molecular weight is 253 g/mol. The summed E-state index contributed by atoms with van der Waals surface area (Å²) in [5.41, 5.74) is 0.578. The highest BCUT2D eigenvalue weighted by Gasteiger charge is 2.09. The van der Waals surface area contributed by atoms with Crippen LogP contribution in [0.1, 0.15) is 0 Å². The van der Waals surface area contributed by atoms with Crippen molar-refractivity contribution in [3.05, 3.63) is 35.9 Å². The molecule has 0 saturated carbocycles. The quantitative estimate of drug-likeness (QED) is 0.804. The van der Waals surface area contributed by atoms with Crippen molar-refractivity contribution >= 4 is 5.82 Å². The van der Waals surface area contributed by atoms with Gasteiger partial charge in [0.1, 0.15) is 17.5 Å². The van der Waals surface area contributed by atoms with Gasteiger partial charge in [-0.1, -0.05) is 0 Å². The molecule has 0 saturated heterocycles. The molecule has 0 spiro atoms. The van der Waals surface area contributed by atoms with Crippen molar-refractivity contribution in [1.82, 2.24) is 10.2 Å². The van der Waals surface area contributed by atoms with Gasteiger partial charge in [0.05, 0.1) is 12.3 Å². The van der Waals surface area contributed by atoms with Crippen molar-refractivity contribution in [3.63, 3.8) is 0 Å². The molecule has 96 valence electrons. The van der Waals surface area contributed by atoms with Crippen LogP contribution < -0.4 is 5.32 Å². The molecule has 18 heavy (non-hydrogen) atoms. The van der Waals surface area contributed by atoms with Crippen LogP contribution in [0.2, 0.25) is 0 Å². The van der Waals surface area contributed by atoms with Gasteiger partial charge < -0.3 is 10.1 Å². The van der Waals surface area contributed by atoms with E-state index in [-0.39, 0.29) is 5.56 Å². The van der Waals surface area contributed by atoms with Crippen LogP contribution in [0.3, 0.4) is 0 Å². The lowest BCUT2D eigenvalue weighted by molar-refractivity contribution is 0.210. The van der Waals surface area contributed by atoms with Crippen LogP contribution in [0.15, 0.2) is 24.3 Å². The van der Waals surface area contributed by atoms with Gasteiger partial charge in [0.2, 0.25) is 0 Å². The van der Waals surface area contributed by atoms with Crippen molar-refractivity contribution in [2.75, 3.05) is 25.6 Å². The number of hydrogen-bond acceptors (Lipinski definition) is 3. The maximum atomic E-state index is 13.5. The normalized spacial score (nSPS) is 10.6. The fourth-order valence-electron chi connectivity index (χ4n) is 1.54. The molecule has 0 fully saturated rings. The van der Waals surface area contributed by atoms with Gasteiger partial charge in [-0.15, -0.1) is 0 Å². The topological polar surface area (TPSA) is 49.9 Å². The molecule has 2 aromatic rings. The Bertz CT molecular complexity index is 528. The SMILES string of the molecule is COCCNc1cc(-c2cc(F)ccc2F)[nH]n1. The number of H-pyrrole nitrogens is 1. The zero-order chi connectivity index (χ0) is 13.0. The zero-order valence-electron chi connectivity index (χ0n) is 9.84. The molecule has 2 rings (SSSR count). The van der Waals surface area contributed by atoms with E-state index in [1.165, 1.54) is 0 Å². The third-order valence-corrected chi connectivity index (χ3v) is 2.41. The van der Waals surface area contributed by atoms with Crippen molar-refractivity contribution in [2.45, 2.75) is 0 Å². The summed E-state index contributed by atoms with van der Waals surface area (Å²) in [6.07, 6.45) is 0. The summed E-state index contributed by atoms with van der Waals surface area (Å²) in [6, 6.07) is 4.91. The number of nitrogens with zero attached hydrogens (tertiary/aromatic N) is 1. The first-order chi connectivity index (χ1) is 8.70. The molecule has 1 aromatic heterocycles.